The highest BCUT2D eigenvalue weighted by molar-refractivity contribution is 5.97. The van der Waals surface area contributed by atoms with Gasteiger partial charge in [0.1, 0.15) is 5.75 Å². The van der Waals surface area contributed by atoms with Gasteiger partial charge in [-0.3, -0.25) is 9.59 Å². The number of para-hydroxylation sites is 1. The van der Waals surface area contributed by atoms with Gasteiger partial charge in [0.05, 0.1) is 7.11 Å². The summed E-state index contributed by atoms with van der Waals surface area (Å²) in [7, 11) is 1.60. The SMILES string of the molecule is COc1ccc(N(CCC(=O)N2CCc3ccccc32)C(C)=O)cc1. The predicted octanol–water partition coefficient (Wildman–Crippen LogP) is 3.03. The lowest BCUT2D eigenvalue weighted by Gasteiger charge is -2.23. The standard InChI is InChI=1S/C20H22N2O3/c1-15(23)21(17-7-9-18(25-2)10-8-17)14-12-20(24)22-13-11-16-5-3-4-6-19(16)22/h3-10H,11-14H2,1-2H3. The molecule has 0 N–H and O–H groups in total. The van der Waals surface area contributed by atoms with E-state index < -0.39 is 0 Å². The molecule has 0 saturated carbocycles. The molecule has 5 heteroatoms. The quantitative estimate of drug-likeness (QED) is 0.842. The Morgan fingerprint density at radius 1 is 1.12 bits per heavy atom. The smallest absolute Gasteiger partial charge is 0.228 e. The molecule has 5 nitrogen and oxygen atoms in total. The summed E-state index contributed by atoms with van der Waals surface area (Å²) in [4.78, 5) is 28.1. The van der Waals surface area contributed by atoms with Crippen molar-refractivity contribution < 1.29 is 14.3 Å². The fraction of sp³-hybridized carbons (Fsp3) is 0.300. The molecule has 0 unspecified atom stereocenters. The van der Waals surface area contributed by atoms with Crippen molar-refractivity contribution in [3.63, 3.8) is 0 Å². The van der Waals surface area contributed by atoms with Crippen molar-refractivity contribution in [3.05, 3.63) is 54.1 Å². The normalized spacial score (nSPS) is 12.6. The fourth-order valence-corrected chi connectivity index (χ4v) is 3.17. The van der Waals surface area contributed by atoms with Gasteiger partial charge in [0, 0.05) is 37.8 Å². The van der Waals surface area contributed by atoms with E-state index in [1.54, 1.807) is 12.0 Å². The van der Waals surface area contributed by atoms with E-state index in [2.05, 4.69) is 6.07 Å². The Morgan fingerprint density at radius 2 is 1.84 bits per heavy atom. The van der Waals surface area contributed by atoms with Crippen LogP contribution in [0.4, 0.5) is 11.4 Å². The number of carbonyl (C=O) groups is 2. The summed E-state index contributed by atoms with van der Waals surface area (Å²) in [5, 5.41) is 0. The summed E-state index contributed by atoms with van der Waals surface area (Å²) in [6.45, 7) is 2.58. The molecule has 0 fully saturated rings. The van der Waals surface area contributed by atoms with E-state index in [-0.39, 0.29) is 11.8 Å². The number of fused-ring (bicyclic) bond motifs is 1. The molecule has 0 bridgehead atoms. The number of methoxy groups -OCH3 is 1. The van der Waals surface area contributed by atoms with Gasteiger partial charge in [-0.05, 0) is 42.3 Å². The van der Waals surface area contributed by atoms with Crippen LogP contribution in [0.25, 0.3) is 0 Å². The van der Waals surface area contributed by atoms with Crippen molar-refractivity contribution in [2.75, 3.05) is 30.0 Å². The van der Waals surface area contributed by atoms with Crippen LogP contribution in [0.2, 0.25) is 0 Å². The zero-order chi connectivity index (χ0) is 17.8. The minimum absolute atomic E-state index is 0.0460. The predicted molar refractivity (Wildman–Crippen MR) is 98.1 cm³/mol. The number of carbonyl (C=O) groups excluding carboxylic acids is 2. The Labute approximate surface area is 147 Å². The van der Waals surface area contributed by atoms with Crippen molar-refractivity contribution in [3.8, 4) is 5.75 Å². The van der Waals surface area contributed by atoms with E-state index in [1.807, 2.05) is 47.4 Å². The van der Waals surface area contributed by atoms with Gasteiger partial charge >= 0.3 is 0 Å². The number of amides is 2. The molecule has 25 heavy (non-hydrogen) atoms. The molecule has 130 valence electrons. The summed E-state index contributed by atoms with van der Waals surface area (Å²) >= 11 is 0. The van der Waals surface area contributed by atoms with Crippen molar-refractivity contribution in [1.29, 1.82) is 0 Å². The van der Waals surface area contributed by atoms with Crippen LogP contribution in [0.1, 0.15) is 18.9 Å². The second kappa shape index (κ2) is 7.38. The number of hydrogen-bond acceptors (Lipinski definition) is 3. The second-order valence-corrected chi connectivity index (χ2v) is 6.04. The maximum atomic E-state index is 12.6. The Bertz CT molecular complexity index is 771. The minimum atomic E-state index is -0.0835. The van der Waals surface area contributed by atoms with Gasteiger partial charge in [-0.2, -0.15) is 0 Å². The van der Waals surface area contributed by atoms with Gasteiger partial charge in [-0.25, -0.2) is 0 Å². The van der Waals surface area contributed by atoms with Gasteiger partial charge in [0.15, 0.2) is 0 Å². The first-order valence-electron chi connectivity index (χ1n) is 8.40. The number of ether oxygens (including phenoxy) is 1. The molecule has 0 atom stereocenters. The molecule has 2 amide bonds. The lowest BCUT2D eigenvalue weighted by Crippen LogP contribution is -2.35. The molecule has 0 aliphatic carbocycles. The van der Waals surface area contributed by atoms with Gasteiger partial charge in [0.2, 0.25) is 11.8 Å². The summed E-state index contributed by atoms with van der Waals surface area (Å²) in [6, 6.07) is 15.3. The maximum Gasteiger partial charge on any atom is 0.228 e. The van der Waals surface area contributed by atoms with Crippen LogP contribution in [0, 0.1) is 0 Å². The highest BCUT2D eigenvalue weighted by atomic mass is 16.5. The second-order valence-electron chi connectivity index (χ2n) is 6.04. The maximum absolute atomic E-state index is 12.6. The zero-order valence-corrected chi connectivity index (χ0v) is 14.6. The van der Waals surface area contributed by atoms with Crippen LogP contribution >= 0.6 is 0 Å². The molecule has 3 rings (SSSR count). The first-order valence-corrected chi connectivity index (χ1v) is 8.40. The first-order chi connectivity index (χ1) is 12.1. The largest absolute Gasteiger partial charge is 0.497 e. The molecule has 1 heterocycles. The highest BCUT2D eigenvalue weighted by Crippen LogP contribution is 2.28. The summed E-state index contributed by atoms with van der Waals surface area (Å²) < 4.78 is 5.14. The number of rotatable bonds is 5. The lowest BCUT2D eigenvalue weighted by atomic mass is 10.2. The monoisotopic (exact) mass is 338 g/mol. The topological polar surface area (TPSA) is 49.9 Å². The van der Waals surface area contributed by atoms with Crippen LogP contribution in [0.5, 0.6) is 5.75 Å². The van der Waals surface area contributed by atoms with Crippen molar-refractivity contribution >= 4 is 23.2 Å². The van der Waals surface area contributed by atoms with Crippen molar-refractivity contribution in [1.82, 2.24) is 0 Å². The number of nitrogens with zero attached hydrogens (tertiary/aromatic N) is 2. The van der Waals surface area contributed by atoms with Crippen LogP contribution in [0.15, 0.2) is 48.5 Å². The van der Waals surface area contributed by atoms with E-state index in [9.17, 15) is 9.59 Å². The van der Waals surface area contributed by atoms with Gasteiger partial charge < -0.3 is 14.5 Å². The summed E-state index contributed by atoms with van der Waals surface area (Å²) in [5.74, 6) is 0.696. The lowest BCUT2D eigenvalue weighted by molar-refractivity contribution is -0.118. The van der Waals surface area contributed by atoms with Crippen LogP contribution < -0.4 is 14.5 Å². The fourth-order valence-electron chi connectivity index (χ4n) is 3.17. The van der Waals surface area contributed by atoms with E-state index in [0.717, 1.165) is 23.5 Å². The highest BCUT2D eigenvalue weighted by Gasteiger charge is 2.24. The summed E-state index contributed by atoms with van der Waals surface area (Å²) in [6.07, 6.45) is 1.18. The Kier molecular flexibility index (Phi) is 5.03. The first kappa shape index (κ1) is 17.0. The number of hydrogen-bond donors (Lipinski definition) is 0. The number of benzene rings is 2. The average Bonchev–Trinajstić information content (AvgIpc) is 3.06. The third-order valence-electron chi connectivity index (χ3n) is 4.50. The Morgan fingerprint density at radius 3 is 2.52 bits per heavy atom. The van der Waals surface area contributed by atoms with Crippen molar-refractivity contribution in [2.24, 2.45) is 0 Å². The van der Waals surface area contributed by atoms with Crippen molar-refractivity contribution in [2.45, 2.75) is 19.8 Å². The molecule has 2 aromatic rings. The zero-order valence-electron chi connectivity index (χ0n) is 14.6. The van der Waals surface area contributed by atoms with Crippen LogP contribution in [0.3, 0.4) is 0 Å². The van der Waals surface area contributed by atoms with Crippen LogP contribution in [-0.4, -0.2) is 32.0 Å². The minimum Gasteiger partial charge on any atom is -0.497 e. The van der Waals surface area contributed by atoms with Crippen LogP contribution in [-0.2, 0) is 16.0 Å². The van der Waals surface area contributed by atoms with E-state index in [4.69, 9.17) is 4.74 Å². The molecule has 1 aliphatic heterocycles. The molecular weight excluding hydrogens is 316 g/mol. The summed E-state index contributed by atoms with van der Waals surface area (Å²) in [5.41, 5.74) is 2.96. The molecule has 2 aromatic carbocycles. The molecule has 0 spiro atoms. The van der Waals surface area contributed by atoms with Gasteiger partial charge in [-0.15, -0.1) is 0 Å². The third-order valence-corrected chi connectivity index (χ3v) is 4.50. The van der Waals surface area contributed by atoms with Gasteiger partial charge in [-0.1, -0.05) is 18.2 Å². The molecular formula is C20H22N2O3. The van der Waals surface area contributed by atoms with E-state index in [0.29, 0.717) is 19.5 Å². The molecule has 0 radical (unpaired) electrons. The number of anilines is 2. The van der Waals surface area contributed by atoms with E-state index in [1.165, 1.54) is 12.5 Å². The average molecular weight is 338 g/mol. The Hall–Kier alpha value is -2.82. The Balaban J connectivity index is 1.67. The molecule has 0 aromatic heterocycles. The third kappa shape index (κ3) is 3.65. The molecule has 0 saturated heterocycles. The van der Waals surface area contributed by atoms with Gasteiger partial charge in [0.25, 0.3) is 0 Å². The van der Waals surface area contributed by atoms with E-state index >= 15 is 0 Å². The molecule has 1 aliphatic rings.